The number of likely N-dealkylation sites (tertiary alicyclic amines) is 1. The highest BCUT2D eigenvalue weighted by Crippen LogP contribution is 2.35. The topological polar surface area (TPSA) is 32.3 Å². The number of carbonyl (C=O) groups is 1. The first kappa shape index (κ1) is 14.6. The zero-order chi connectivity index (χ0) is 14.7. The van der Waals surface area contributed by atoms with Gasteiger partial charge in [0.25, 0.3) is 0 Å². The van der Waals surface area contributed by atoms with Gasteiger partial charge in [-0.2, -0.15) is 0 Å². The highest BCUT2D eigenvalue weighted by Gasteiger charge is 2.33. The van der Waals surface area contributed by atoms with Crippen LogP contribution in [0.4, 0.5) is 5.69 Å². The zero-order valence-corrected chi connectivity index (χ0v) is 13.0. The third-order valence-corrected chi connectivity index (χ3v) is 5.01. The molecular formula is C18H26N2O. The van der Waals surface area contributed by atoms with Gasteiger partial charge < -0.3 is 5.32 Å². The Kier molecular flexibility index (Phi) is 4.59. The third-order valence-electron chi connectivity index (χ3n) is 5.01. The molecule has 0 radical (unpaired) electrons. The summed E-state index contributed by atoms with van der Waals surface area (Å²) in [5, 5.41) is 3.04. The van der Waals surface area contributed by atoms with Crippen LogP contribution >= 0.6 is 0 Å². The van der Waals surface area contributed by atoms with Crippen LogP contribution in [0.2, 0.25) is 0 Å². The van der Waals surface area contributed by atoms with Crippen LogP contribution in [0.1, 0.15) is 44.1 Å². The van der Waals surface area contributed by atoms with Crippen LogP contribution in [0, 0.1) is 12.8 Å². The van der Waals surface area contributed by atoms with Gasteiger partial charge in [-0.25, -0.2) is 0 Å². The third kappa shape index (κ3) is 3.65. The van der Waals surface area contributed by atoms with E-state index >= 15 is 0 Å². The molecule has 3 rings (SSSR count). The molecule has 1 saturated heterocycles. The lowest BCUT2D eigenvalue weighted by atomic mass is 9.78. The fourth-order valence-electron chi connectivity index (χ4n) is 4.03. The Labute approximate surface area is 127 Å². The van der Waals surface area contributed by atoms with Crippen molar-refractivity contribution in [1.82, 2.24) is 4.90 Å². The Bertz CT molecular complexity index is 498. The van der Waals surface area contributed by atoms with Crippen LogP contribution in [0.15, 0.2) is 24.3 Å². The summed E-state index contributed by atoms with van der Waals surface area (Å²) in [6.45, 7) is 3.68. The van der Waals surface area contributed by atoms with E-state index < -0.39 is 0 Å². The molecule has 3 nitrogen and oxygen atoms in total. The molecule has 1 aromatic rings. The molecule has 21 heavy (non-hydrogen) atoms. The average molecular weight is 286 g/mol. The number of hydrogen-bond donors (Lipinski definition) is 1. The van der Waals surface area contributed by atoms with E-state index in [1.807, 2.05) is 31.2 Å². The van der Waals surface area contributed by atoms with Crippen LogP contribution in [-0.2, 0) is 4.79 Å². The summed E-state index contributed by atoms with van der Waals surface area (Å²) in [6, 6.07) is 8.67. The van der Waals surface area contributed by atoms with E-state index in [4.69, 9.17) is 0 Å². The molecule has 0 bridgehead atoms. The molecule has 0 unspecified atom stereocenters. The number of aryl methyl sites for hydroxylation is 1. The Morgan fingerprint density at radius 1 is 1.24 bits per heavy atom. The molecule has 1 saturated carbocycles. The molecule has 1 N–H and O–H groups in total. The van der Waals surface area contributed by atoms with Crippen LogP contribution in [0.5, 0.6) is 0 Å². The Hall–Kier alpha value is -1.35. The summed E-state index contributed by atoms with van der Waals surface area (Å²) in [5.74, 6) is 0.964. The lowest BCUT2D eigenvalue weighted by molar-refractivity contribution is -0.118. The summed E-state index contributed by atoms with van der Waals surface area (Å²) in [5.41, 5.74) is 2.09. The molecule has 114 valence electrons. The van der Waals surface area contributed by atoms with Gasteiger partial charge in [0.2, 0.25) is 5.91 Å². The van der Waals surface area contributed by atoms with Crippen molar-refractivity contribution in [3.63, 3.8) is 0 Å². The lowest BCUT2D eigenvalue weighted by Crippen LogP contribution is -2.49. The second-order valence-corrected chi connectivity index (χ2v) is 6.64. The van der Waals surface area contributed by atoms with E-state index in [1.54, 1.807) is 0 Å². The van der Waals surface area contributed by atoms with Gasteiger partial charge in [0.1, 0.15) is 0 Å². The summed E-state index contributed by atoms with van der Waals surface area (Å²) in [7, 11) is 0. The first-order chi connectivity index (χ1) is 10.2. The molecule has 3 heteroatoms. The fraction of sp³-hybridized carbons (Fsp3) is 0.611. The van der Waals surface area contributed by atoms with E-state index in [2.05, 4.69) is 10.2 Å². The number of benzene rings is 1. The monoisotopic (exact) mass is 286 g/mol. The van der Waals surface area contributed by atoms with E-state index in [0.717, 1.165) is 18.2 Å². The van der Waals surface area contributed by atoms with E-state index in [-0.39, 0.29) is 5.91 Å². The van der Waals surface area contributed by atoms with Crippen LogP contribution in [0.3, 0.4) is 0 Å². The van der Waals surface area contributed by atoms with Crippen LogP contribution in [-0.4, -0.2) is 29.9 Å². The molecule has 2 aliphatic rings. The molecule has 2 atom stereocenters. The highest BCUT2D eigenvalue weighted by molar-refractivity contribution is 5.92. The molecule has 0 spiro atoms. The molecule has 1 aliphatic heterocycles. The molecule has 1 heterocycles. The SMILES string of the molecule is Cc1cccc(NC(=O)CN2CCC[C@H]3CCCC[C@@H]32)c1. The maximum absolute atomic E-state index is 12.3. The van der Waals surface area contributed by atoms with E-state index in [9.17, 15) is 4.79 Å². The van der Waals surface area contributed by atoms with Crippen molar-refractivity contribution in [1.29, 1.82) is 0 Å². The number of anilines is 1. The maximum Gasteiger partial charge on any atom is 0.238 e. The van der Waals surface area contributed by atoms with Crippen molar-refractivity contribution >= 4 is 11.6 Å². The predicted molar refractivity (Wildman–Crippen MR) is 86.4 cm³/mol. The first-order valence-corrected chi connectivity index (χ1v) is 8.33. The number of carbonyl (C=O) groups excluding carboxylic acids is 1. The Morgan fingerprint density at radius 2 is 2.05 bits per heavy atom. The number of fused-ring (bicyclic) bond motifs is 1. The van der Waals surface area contributed by atoms with Crippen molar-refractivity contribution in [2.75, 3.05) is 18.4 Å². The summed E-state index contributed by atoms with van der Waals surface area (Å²) >= 11 is 0. The fourth-order valence-corrected chi connectivity index (χ4v) is 4.03. The normalized spacial score (nSPS) is 26.1. The minimum Gasteiger partial charge on any atom is -0.325 e. The first-order valence-electron chi connectivity index (χ1n) is 8.33. The molecule has 1 aromatic carbocycles. The maximum atomic E-state index is 12.3. The van der Waals surface area contributed by atoms with E-state index in [1.165, 1.54) is 44.1 Å². The highest BCUT2D eigenvalue weighted by atomic mass is 16.2. The van der Waals surface area contributed by atoms with Gasteiger partial charge in [0.15, 0.2) is 0 Å². The second kappa shape index (κ2) is 6.61. The number of rotatable bonds is 3. The number of nitrogens with zero attached hydrogens (tertiary/aromatic N) is 1. The summed E-state index contributed by atoms with van der Waals surface area (Å²) < 4.78 is 0. The van der Waals surface area contributed by atoms with Gasteiger partial charge in [-0.15, -0.1) is 0 Å². The Balaban J connectivity index is 1.58. The number of amides is 1. The van der Waals surface area contributed by atoms with Crippen molar-refractivity contribution in [3.8, 4) is 0 Å². The van der Waals surface area contributed by atoms with Gasteiger partial charge in [-0.05, 0) is 62.8 Å². The minimum absolute atomic E-state index is 0.131. The van der Waals surface area contributed by atoms with Crippen molar-refractivity contribution in [2.45, 2.75) is 51.5 Å². The molecule has 0 aromatic heterocycles. The van der Waals surface area contributed by atoms with Gasteiger partial charge in [0.05, 0.1) is 6.54 Å². The average Bonchev–Trinajstić information content (AvgIpc) is 2.47. The summed E-state index contributed by atoms with van der Waals surface area (Å²) in [6.07, 6.45) is 7.96. The van der Waals surface area contributed by atoms with Crippen molar-refractivity contribution < 1.29 is 4.79 Å². The zero-order valence-electron chi connectivity index (χ0n) is 13.0. The number of hydrogen-bond acceptors (Lipinski definition) is 2. The molecule has 2 fully saturated rings. The number of piperidine rings is 1. The second-order valence-electron chi connectivity index (χ2n) is 6.64. The predicted octanol–water partition coefficient (Wildman–Crippen LogP) is 3.59. The van der Waals surface area contributed by atoms with Crippen molar-refractivity contribution in [2.24, 2.45) is 5.92 Å². The standard InChI is InChI=1S/C18H26N2O/c1-14-6-4-9-16(12-14)19-18(21)13-20-11-5-8-15-7-2-3-10-17(15)20/h4,6,9,12,15,17H,2-3,5,7-8,10-11,13H2,1H3,(H,19,21)/t15-,17+/m1/s1. The van der Waals surface area contributed by atoms with Gasteiger partial charge >= 0.3 is 0 Å². The molecular weight excluding hydrogens is 260 g/mol. The summed E-state index contributed by atoms with van der Waals surface area (Å²) in [4.78, 5) is 14.7. The van der Waals surface area contributed by atoms with Gasteiger partial charge in [0, 0.05) is 11.7 Å². The van der Waals surface area contributed by atoms with Crippen LogP contribution in [0.25, 0.3) is 0 Å². The molecule has 1 amide bonds. The quantitative estimate of drug-likeness (QED) is 0.921. The van der Waals surface area contributed by atoms with Gasteiger partial charge in [-0.1, -0.05) is 25.0 Å². The smallest absolute Gasteiger partial charge is 0.238 e. The van der Waals surface area contributed by atoms with Gasteiger partial charge in [-0.3, -0.25) is 9.69 Å². The minimum atomic E-state index is 0.131. The lowest BCUT2D eigenvalue weighted by Gasteiger charge is -2.43. The van der Waals surface area contributed by atoms with Crippen molar-refractivity contribution in [3.05, 3.63) is 29.8 Å². The van der Waals surface area contributed by atoms with E-state index in [0.29, 0.717) is 12.6 Å². The van der Waals surface area contributed by atoms with Crippen LogP contribution < -0.4 is 5.32 Å². The largest absolute Gasteiger partial charge is 0.325 e. The Morgan fingerprint density at radius 3 is 2.90 bits per heavy atom. The molecule has 1 aliphatic carbocycles. The number of nitrogens with one attached hydrogen (secondary N) is 1.